The minimum absolute atomic E-state index is 0.150. The Morgan fingerprint density at radius 2 is 2.00 bits per heavy atom. The molecule has 4 heteroatoms. The molecule has 0 aromatic heterocycles. The first kappa shape index (κ1) is 11.7. The van der Waals surface area contributed by atoms with Crippen LogP contribution in [0.15, 0.2) is 35.3 Å². The fourth-order valence-corrected chi connectivity index (χ4v) is 1.32. The molecule has 0 atom stereocenters. The van der Waals surface area contributed by atoms with Gasteiger partial charge in [0.25, 0.3) is 0 Å². The summed E-state index contributed by atoms with van der Waals surface area (Å²) in [4.78, 5) is 5.37. The van der Waals surface area contributed by atoms with Crippen molar-refractivity contribution in [3.63, 3.8) is 0 Å². The Kier molecular flexibility index (Phi) is 4.56. The lowest BCUT2D eigenvalue weighted by Crippen LogP contribution is -2.25. The highest BCUT2D eigenvalue weighted by Gasteiger charge is 2.09. The molecule has 4 nitrogen and oxygen atoms in total. The van der Waals surface area contributed by atoms with Gasteiger partial charge < -0.3 is 0 Å². The average Bonchev–Trinajstić information content (AvgIpc) is 2.35. The first-order chi connectivity index (χ1) is 7.81. The number of rotatable bonds is 3. The lowest BCUT2D eigenvalue weighted by atomic mass is 10.2. The van der Waals surface area contributed by atoms with Crippen LogP contribution in [-0.4, -0.2) is 17.8 Å². The molecule has 0 aliphatic heterocycles. The first-order valence-corrected chi connectivity index (χ1v) is 4.85. The summed E-state index contributed by atoms with van der Waals surface area (Å²) in [5, 5.41) is 17.6. The van der Waals surface area contributed by atoms with Gasteiger partial charge in [0.15, 0.2) is 6.19 Å². The van der Waals surface area contributed by atoms with Crippen LogP contribution in [0.3, 0.4) is 0 Å². The van der Waals surface area contributed by atoms with Crippen LogP contribution in [0.1, 0.15) is 12.0 Å². The first-order valence-electron chi connectivity index (χ1n) is 4.85. The summed E-state index contributed by atoms with van der Waals surface area (Å²) in [6.45, 7) is 0.450. The molecule has 0 saturated carbocycles. The van der Waals surface area contributed by atoms with Gasteiger partial charge in [-0.15, -0.1) is 0 Å². The second-order valence-corrected chi connectivity index (χ2v) is 3.15. The Morgan fingerprint density at radius 3 is 2.50 bits per heavy atom. The third-order valence-corrected chi connectivity index (χ3v) is 2.11. The molecule has 0 spiro atoms. The van der Waals surface area contributed by atoms with E-state index in [2.05, 4.69) is 4.99 Å². The molecule has 0 bridgehead atoms. The molecule has 0 N–H and O–H groups in total. The predicted molar refractivity (Wildman–Crippen MR) is 61.2 cm³/mol. The van der Waals surface area contributed by atoms with Gasteiger partial charge in [-0.25, -0.2) is 0 Å². The zero-order valence-corrected chi connectivity index (χ0v) is 9.09. The lowest BCUT2D eigenvalue weighted by molar-refractivity contribution is 0.562. The van der Waals surface area contributed by atoms with Gasteiger partial charge in [-0.2, -0.15) is 10.5 Å². The van der Waals surface area contributed by atoms with E-state index in [0.717, 1.165) is 5.56 Å². The second-order valence-electron chi connectivity index (χ2n) is 3.15. The normalized spacial score (nSPS) is 10.3. The quantitative estimate of drug-likeness (QED) is 0.333. The Balaban J connectivity index is 2.78. The molecule has 0 fully saturated rings. The van der Waals surface area contributed by atoms with Gasteiger partial charge in [0, 0.05) is 7.05 Å². The minimum Gasteiger partial charge on any atom is -0.274 e. The number of benzene rings is 1. The summed E-state index contributed by atoms with van der Waals surface area (Å²) in [5.74, 6) is 0.494. The molecule has 0 aliphatic rings. The Morgan fingerprint density at radius 1 is 1.31 bits per heavy atom. The fourth-order valence-electron chi connectivity index (χ4n) is 1.32. The van der Waals surface area contributed by atoms with Gasteiger partial charge in [-0.05, 0) is 5.56 Å². The van der Waals surface area contributed by atoms with E-state index in [-0.39, 0.29) is 6.42 Å². The highest BCUT2D eigenvalue weighted by molar-refractivity contribution is 5.85. The van der Waals surface area contributed by atoms with Crippen LogP contribution in [0.5, 0.6) is 0 Å². The van der Waals surface area contributed by atoms with Crippen molar-refractivity contribution < 1.29 is 0 Å². The molecule has 1 aromatic rings. The number of amidine groups is 1. The van der Waals surface area contributed by atoms with Crippen molar-refractivity contribution in [2.24, 2.45) is 4.99 Å². The smallest absolute Gasteiger partial charge is 0.185 e. The van der Waals surface area contributed by atoms with Crippen LogP contribution in [0.2, 0.25) is 0 Å². The molecule has 0 saturated heterocycles. The summed E-state index contributed by atoms with van der Waals surface area (Å²) >= 11 is 0. The van der Waals surface area contributed by atoms with Crippen molar-refractivity contribution in [1.82, 2.24) is 4.90 Å². The van der Waals surface area contributed by atoms with Gasteiger partial charge in [-0.1, -0.05) is 30.3 Å². The average molecular weight is 212 g/mol. The summed E-state index contributed by atoms with van der Waals surface area (Å²) in [7, 11) is 1.59. The maximum absolute atomic E-state index is 9.00. The fraction of sp³-hybridized carbons (Fsp3) is 0.250. The lowest BCUT2D eigenvalue weighted by Gasteiger charge is -2.15. The Bertz CT molecular complexity index is 436. The summed E-state index contributed by atoms with van der Waals surface area (Å²) in [6.07, 6.45) is 2.19. The molecule has 0 heterocycles. The van der Waals surface area contributed by atoms with Crippen molar-refractivity contribution in [2.75, 3.05) is 7.05 Å². The molecule has 0 aliphatic carbocycles. The largest absolute Gasteiger partial charge is 0.274 e. The predicted octanol–water partition coefficient (Wildman–Crippen LogP) is 1.91. The van der Waals surface area contributed by atoms with Crippen molar-refractivity contribution in [1.29, 1.82) is 10.5 Å². The molecule has 80 valence electrons. The van der Waals surface area contributed by atoms with Crippen LogP contribution in [0.25, 0.3) is 0 Å². The van der Waals surface area contributed by atoms with Gasteiger partial charge in [0.1, 0.15) is 5.84 Å². The summed E-state index contributed by atoms with van der Waals surface area (Å²) in [6, 6.07) is 11.6. The zero-order valence-electron chi connectivity index (χ0n) is 9.09. The molecular weight excluding hydrogens is 200 g/mol. The monoisotopic (exact) mass is 212 g/mol. The molecule has 0 radical (unpaired) electrons. The van der Waals surface area contributed by atoms with Crippen LogP contribution < -0.4 is 0 Å². The maximum Gasteiger partial charge on any atom is 0.185 e. The van der Waals surface area contributed by atoms with E-state index in [4.69, 9.17) is 10.5 Å². The van der Waals surface area contributed by atoms with E-state index < -0.39 is 0 Å². The highest BCUT2D eigenvalue weighted by atomic mass is 15.2. The van der Waals surface area contributed by atoms with E-state index >= 15 is 0 Å². The van der Waals surface area contributed by atoms with Crippen LogP contribution in [0.4, 0.5) is 0 Å². The zero-order chi connectivity index (χ0) is 11.8. The van der Waals surface area contributed by atoms with Gasteiger partial charge in [0.2, 0.25) is 0 Å². The van der Waals surface area contributed by atoms with E-state index in [9.17, 15) is 0 Å². The van der Waals surface area contributed by atoms with E-state index in [1.54, 1.807) is 7.05 Å². The van der Waals surface area contributed by atoms with Gasteiger partial charge >= 0.3 is 0 Å². The second kappa shape index (κ2) is 6.21. The van der Waals surface area contributed by atoms with Crippen LogP contribution in [-0.2, 0) is 6.54 Å². The van der Waals surface area contributed by atoms with E-state index in [0.29, 0.717) is 12.4 Å². The topological polar surface area (TPSA) is 63.2 Å². The Hall–Kier alpha value is -2.33. The molecule has 1 rings (SSSR count). The van der Waals surface area contributed by atoms with Crippen molar-refractivity contribution >= 4 is 5.84 Å². The number of hydrogen-bond donors (Lipinski definition) is 0. The van der Waals surface area contributed by atoms with Gasteiger partial charge in [0.05, 0.1) is 19.0 Å². The number of aliphatic imine (C=N–C) groups is 1. The SMILES string of the molecule is CN=C(CC#N)N(C#N)Cc1ccccc1. The number of nitriles is 2. The number of nitrogens with zero attached hydrogens (tertiary/aromatic N) is 4. The third kappa shape index (κ3) is 3.11. The highest BCUT2D eigenvalue weighted by Crippen LogP contribution is 2.05. The van der Waals surface area contributed by atoms with Crippen LogP contribution in [0, 0.1) is 22.8 Å². The standard InChI is InChI=1S/C12H12N4/c1-15-12(7-8-13)16(10-14)9-11-5-3-2-4-6-11/h2-6H,7,9H2,1H3. The van der Waals surface area contributed by atoms with Gasteiger partial charge in [-0.3, -0.25) is 9.89 Å². The maximum atomic E-state index is 9.00. The number of hydrogen-bond acceptors (Lipinski definition) is 3. The minimum atomic E-state index is 0.150. The molecule has 1 aromatic carbocycles. The van der Waals surface area contributed by atoms with E-state index in [1.165, 1.54) is 4.90 Å². The van der Waals surface area contributed by atoms with Crippen molar-refractivity contribution in [3.8, 4) is 12.3 Å². The third-order valence-electron chi connectivity index (χ3n) is 2.11. The molecule has 0 unspecified atom stereocenters. The summed E-state index contributed by atoms with van der Waals surface area (Å²) < 4.78 is 0. The molecular formula is C12H12N4. The van der Waals surface area contributed by atoms with Crippen LogP contribution >= 0.6 is 0 Å². The Labute approximate surface area is 95.1 Å². The van der Waals surface area contributed by atoms with Crippen molar-refractivity contribution in [2.45, 2.75) is 13.0 Å². The summed E-state index contributed by atoms with van der Waals surface area (Å²) in [5.41, 5.74) is 1.02. The molecule has 16 heavy (non-hydrogen) atoms. The van der Waals surface area contributed by atoms with Crippen molar-refractivity contribution in [3.05, 3.63) is 35.9 Å². The molecule has 0 amide bonds. The van der Waals surface area contributed by atoms with E-state index in [1.807, 2.05) is 42.6 Å².